The Morgan fingerprint density at radius 3 is 1.95 bits per heavy atom. The van der Waals surface area contributed by atoms with E-state index < -0.39 is 23.8 Å². The van der Waals surface area contributed by atoms with Crippen LogP contribution < -0.4 is 5.73 Å². The van der Waals surface area contributed by atoms with Gasteiger partial charge >= 0.3 is 12.4 Å². The molecule has 0 spiro atoms. The maximum atomic E-state index is 12.6. The first-order valence-corrected chi connectivity index (χ1v) is 5.89. The van der Waals surface area contributed by atoms with Gasteiger partial charge < -0.3 is 10.3 Å². The van der Waals surface area contributed by atoms with Crippen molar-refractivity contribution in [2.24, 2.45) is 5.73 Å². The van der Waals surface area contributed by atoms with Crippen LogP contribution in [0.1, 0.15) is 17.4 Å². The average molecular weight is 325 g/mol. The van der Waals surface area contributed by atoms with Crippen molar-refractivity contribution in [2.75, 3.05) is 0 Å². The summed E-state index contributed by atoms with van der Waals surface area (Å²) in [7, 11) is 0. The van der Waals surface area contributed by atoms with Crippen molar-refractivity contribution in [1.29, 1.82) is 0 Å². The number of aromatic nitrogens is 2. The molecule has 4 nitrogen and oxygen atoms in total. The topological polar surface area (TPSA) is 64.9 Å². The molecule has 0 unspecified atom stereocenters. The van der Waals surface area contributed by atoms with Gasteiger partial charge in [-0.2, -0.15) is 31.3 Å². The third-order valence-corrected chi connectivity index (χ3v) is 2.80. The second kappa shape index (κ2) is 5.59. The van der Waals surface area contributed by atoms with Crippen molar-refractivity contribution in [3.63, 3.8) is 0 Å². The molecule has 0 saturated heterocycles. The van der Waals surface area contributed by atoms with E-state index in [2.05, 4.69) is 10.1 Å². The Bertz CT molecular complexity index is 618. The van der Waals surface area contributed by atoms with Crippen LogP contribution in [0.5, 0.6) is 0 Å². The van der Waals surface area contributed by atoms with E-state index in [0.717, 1.165) is 24.3 Å². The fraction of sp³-hybridized carbons (Fsp3) is 0.333. The van der Waals surface area contributed by atoms with Crippen molar-refractivity contribution < 1.29 is 30.9 Å². The predicted molar refractivity (Wildman–Crippen MR) is 62.5 cm³/mol. The minimum atomic E-state index is -5.43. The molecule has 0 atom stereocenters. The number of benzene rings is 1. The molecule has 0 aliphatic rings. The molecule has 1 aromatic heterocycles. The molecule has 2 rings (SSSR count). The molecule has 1 aromatic carbocycles. The molecule has 1 heterocycles. The molecule has 120 valence electrons. The minimum absolute atomic E-state index is 0.0302. The number of nitrogens with zero attached hydrogens (tertiary/aromatic N) is 2. The Morgan fingerprint density at radius 2 is 1.55 bits per heavy atom. The largest absolute Gasteiger partial charge is 0.404 e. The van der Waals surface area contributed by atoms with Gasteiger partial charge in [-0.15, -0.1) is 0 Å². The summed E-state index contributed by atoms with van der Waals surface area (Å²) in [5.74, 6) is -3.41. The highest BCUT2D eigenvalue weighted by molar-refractivity contribution is 5.55. The Morgan fingerprint density at radius 1 is 1.00 bits per heavy atom. The van der Waals surface area contributed by atoms with E-state index in [-0.39, 0.29) is 23.8 Å². The van der Waals surface area contributed by atoms with Crippen LogP contribution >= 0.6 is 0 Å². The molecular weight excluding hydrogens is 316 g/mol. The minimum Gasteiger partial charge on any atom is -0.338 e. The van der Waals surface area contributed by atoms with Crippen molar-refractivity contribution in [2.45, 2.75) is 24.8 Å². The molecule has 0 bridgehead atoms. The first kappa shape index (κ1) is 16.3. The number of halogens is 6. The van der Waals surface area contributed by atoms with Crippen LogP contribution in [0.2, 0.25) is 0 Å². The van der Waals surface area contributed by atoms with Gasteiger partial charge in [0.05, 0.1) is 6.54 Å². The monoisotopic (exact) mass is 325 g/mol. The van der Waals surface area contributed by atoms with Crippen molar-refractivity contribution in [3.8, 4) is 11.4 Å². The Hall–Kier alpha value is -2.10. The van der Waals surface area contributed by atoms with Crippen LogP contribution in [0.3, 0.4) is 0 Å². The van der Waals surface area contributed by atoms with E-state index >= 15 is 0 Å². The predicted octanol–water partition coefficient (Wildman–Crippen LogP) is 3.40. The fourth-order valence-electron chi connectivity index (χ4n) is 1.84. The van der Waals surface area contributed by atoms with Crippen molar-refractivity contribution in [1.82, 2.24) is 10.1 Å². The summed E-state index contributed by atoms with van der Waals surface area (Å²) in [6.45, 7) is -0.0324. The zero-order valence-corrected chi connectivity index (χ0v) is 10.7. The van der Waals surface area contributed by atoms with Crippen molar-refractivity contribution >= 4 is 0 Å². The Labute approximate surface area is 119 Å². The van der Waals surface area contributed by atoms with E-state index in [9.17, 15) is 26.3 Å². The maximum Gasteiger partial charge on any atom is 0.404 e. The normalized spacial score (nSPS) is 12.9. The van der Waals surface area contributed by atoms with Crippen LogP contribution in [0.4, 0.5) is 26.3 Å². The van der Waals surface area contributed by atoms with Gasteiger partial charge in [0.25, 0.3) is 0 Å². The smallest absolute Gasteiger partial charge is 0.338 e. The highest BCUT2D eigenvalue weighted by atomic mass is 19.4. The first-order valence-electron chi connectivity index (χ1n) is 5.89. The third kappa shape index (κ3) is 3.38. The molecule has 0 saturated carbocycles. The lowest BCUT2D eigenvalue weighted by atomic mass is 9.96. The number of hydrogen-bond donors (Lipinski definition) is 1. The number of rotatable bonds is 3. The van der Waals surface area contributed by atoms with E-state index in [1.807, 2.05) is 0 Å². The summed E-state index contributed by atoms with van der Waals surface area (Å²) < 4.78 is 80.3. The molecule has 0 aliphatic heterocycles. The summed E-state index contributed by atoms with van der Waals surface area (Å²) in [6.07, 6.45) is -10.9. The van der Waals surface area contributed by atoms with E-state index in [1.54, 1.807) is 0 Å². The van der Waals surface area contributed by atoms with Crippen molar-refractivity contribution in [3.05, 3.63) is 35.7 Å². The van der Waals surface area contributed by atoms with E-state index in [1.165, 1.54) is 0 Å². The first-order chi connectivity index (χ1) is 10.1. The van der Waals surface area contributed by atoms with Crippen LogP contribution in [0, 0.1) is 0 Å². The molecule has 2 aromatic rings. The van der Waals surface area contributed by atoms with Gasteiger partial charge in [-0.05, 0) is 5.56 Å². The zero-order valence-electron chi connectivity index (χ0n) is 10.7. The standard InChI is InChI=1S/C12H9F6N3O/c13-11(14,15)9(12(16,17)18)6-1-3-7(4-2-6)10-20-8(5-19)22-21-10/h1-4,9H,5,19H2. The summed E-state index contributed by atoms with van der Waals surface area (Å²) in [4.78, 5) is 3.82. The van der Waals surface area contributed by atoms with Crippen LogP contribution in [0.15, 0.2) is 28.8 Å². The molecule has 10 heteroatoms. The number of alkyl halides is 6. The lowest BCUT2D eigenvalue weighted by Gasteiger charge is -2.23. The van der Waals surface area contributed by atoms with Gasteiger partial charge in [-0.3, -0.25) is 0 Å². The Balaban J connectivity index is 2.34. The molecule has 0 amide bonds. The molecular formula is C12H9F6N3O. The Kier molecular flexibility index (Phi) is 4.14. The highest BCUT2D eigenvalue weighted by Crippen LogP contribution is 2.46. The van der Waals surface area contributed by atoms with E-state index in [0.29, 0.717) is 0 Å². The van der Waals surface area contributed by atoms with E-state index in [4.69, 9.17) is 10.3 Å². The van der Waals surface area contributed by atoms with Gasteiger partial charge in [0.1, 0.15) is 0 Å². The summed E-state index contributed by atoms with van der Waals surface area (Å²) in [6, 6.07) is 3.59. The summed E-state index contributed by atoms with van der Waals surface area (Å²) in [5.41, 5.74) is 4.56. The molecule has 0 radical (unpaired) electrons. The number of hydrogen-bond acceptors (Lipinski definition) is 4. The van der Waals surface area contributed by atoms with Gasteiger partial charge in [0, 0.05) is 5.56 Å². The van der Waals surface area contributed by atoms with Crippen LogP contribution in [-0.2, 0) is 6.54 Å². The zero-order chi connectivity index (χ0) is 16.5. The maximum absolute atomic E-state index is 12.6. The fourth-order valence-corrected chi connectivity index (χ4v) is 1.84. The molecule has 0 fully saturated rings. The van der Waals surface area contributed by atoms with Gasteiger partial charge in [0.15, 0.2) is 5.92 Å². The van der Waals surface area contributed by atoms with Crippen LogP contribution in [0.25, 0.3) is 11.4 Å². The molecule has 0 aliphatic carbocycles. The lowest BCUT2D eigenvalue weighted by molar-refractivity contribution is -0.253. The molecule has 2 N–H and O–H groups in total. The molecule has 22 heavy (non-hydrogen) atoms. The number of nitrogens with two attached hydrogens (primary N) is 1. The lowest BCUT2D eigenvalue weighted by Crippen LogP contribution is -2.34. The van der Waals surface area contributed by atoms with Gasteiger partial charge in [-0.25, -0.2) is 0 Å². The average Bonchev–Trinajstić information content (AvgIpc) is 2.85. The third-order valence-electron chi connectivity index (χ3n) is 2.80. The SMILES string of the molecule is NCc1nc(-c2ccc(C(C(F)(F)F)C(F)(F)F)cc2)no1. The second-order valence-corrected chi connectivity index (χ2v) is 4.35. The summed E-state index contributed by atoms with van der Waals surface area (Å²) >= 11 is 0. The van der Waals surface area contributed by atoms with Crippen LogP contribution in [-0.4, -0.2) is 22.5 Å². The quantitative estimate of drug-likeness (QED) is 0.879. The highest BCUT2D eigenvalue weighted by Gasteiger charge is 2.57. The van der Waals surface area contributed by atoms with Gasteiger partial charge in [0.2, 0.25) is 11.7 Å². The second-order valence-electron chi connectivity index (χ2n) is 4.35. The van der Waals surface area contributed by atoms with Gasteiger partial charge in [-0.1, -0.05) is 29.4 Å². The summed E-state index contributed by atoms with van der Waals surface area (Å²) in [5, 5.41) is 3.52.